The number of imide groups is 1. The minimum Gasteiger partial charge on any atom is -0.399 e. The third kappa shape index (κ3) is 4.07. The van der Waals surface area contributed by atoms with Gasteiger partial charge in [-0.25, -0.2) is 4.98 Å². The van der Waals surface area contributed by atoms with Crippen molar-refractivity contribution in [2.24, 2.45) is 0 Å². The lowest BCUT2D eigenvalue weighted by atomic mass is 9.69. The Morgan fingerprint density at radius 2 is 1.68 bits per heavy atom. The van der Waals surface area contributed by atoms with E-state index in [-0.39, 0.29) is 17.2 Å². The second kappa shape index (κ2) is 9.93. The molecule has 0 spiro atoms. The van der Waals surface area contributed by atoms with Crippen LogP contribution in [0.15, 0.2) is 77.9 Å². The topological polar surface area (TPSA) is 110 Å². The van der Waals surface area contributed by atoms with Gasteiger partial charge in [-0.05, 0) is 60.7 Å². The maximum absolute atomic E-state index is 13.4. The molecule has 0 aliphatic carbocycles. The zero-order valence-electron chi connectivity index (χ0n) is 22.4. The van der Waals surface area contributed by atoms with E-state index >= 15 is 0 Å². The van der Waals surface area contributed by atoms with Gasteiger partial charge < -0.3 is 11.1 Å². The Labute approximate surface area is 236 Å². The van der Waals surface area contributed by atoms with Gasteiger partial charge in [0.1, 0.15) is 13.6 Å². The van der Waals surface area contributed by atoms with Crippen LogP contribution in [0.2, 0.25) is 12.6 Å². The minimum atomic E-state index is -0.283. The predicted octanol–water partition coefficient (Wildman–Crippen LogP) is 5.20. The molecule has 1 radical (unpaired) electrons. The molecule has 6 aromatic rings. The number of amides is 2. The summed E-state index contributed by atoms with van der Waals surface area (Å²) in [5.74, 6) is -0.531. The molecule has 3 N–H and O–H groups in total. The van der Waals surface area contributed by atoms with Crippen LogP contribution in [0.3, 0.4) is 0 Å². The normalized spacial score (nSPS) is 13.2. The number of imidazole rings is 1. The number of hydrogen-bond acceptors (Lipinski definition) is 6. The highest BCUT2D eigenvalue weighted by Crippen LogP contribution is 2.32. The molecule has 9 heteroatoms. The molecule has 8 nitrogen and oxygen atoms in total. The van der Waals surface area contributed by atoms with E-state index in [2.05, 4.69) is 17.6 Å². The van der Waals surface area contributed by atoms with Crippen molar-refractivity contribution >= 4 is 68.6 Å². The third-order valence-electron chi connectivity index (χ3n) is 7.99. The average molecular weight is 540 g/mol. The molecule has 2 aromatic heterocycles. The number of benzene rings is 4. The van der Waals surface area contributed by atoms with Crippen LogP contribution < -0.4 is 16.5 Å². The van der Waals surface area contributed by atoms with E-state index in [9.17, 15) is 14.4 Å². The van der Waals surface area contributed by atoms with Gasteiger partial charge in [0.05, 0.1) is 27.5 Å². The van der Waals surface area contributed by atoms with Crippen molar-refractivity contribution < 1.29 is 9.59 Å². The monoisotopic (exact) mass is 540 g/mol. The standard InChI is InChI=1S/C32H27BN5O3/c34-20-16-19-6-3-8-22-27(19)23(17-20)32(41)37(31(22)40)15-5-13-33-12-4-14-35-24-10-11-25-29-28(24)30(39)21-7-1-2-9-26(21)38(29)18-36-25/h1-3,6-11,16-18,35H,4-5,12-15,34H2. The van der Waals surface area contributed by atoms with E-state index in [1.54, 1.807) is 24.5 Å². The van der Waals surface area contributed by atoms with Crippen LogP contribution in [0.5, 0.6) is 0 Å². The van der Waals surface area contributed by atoms with E-state index in [0.717, 1.165) is 46.7 Å². The zero-order valence-corrected chi connectivity index (χ0v) is 22.4. The van der Waals surface area contributed by atoms with Gasteiger partial charge in [-0.3, -0.25) is 23.7 Å². The van der Waals surface area contributed by atoms with Crippen LogP contribution in [0.4, 0.5) is 11.4 Å². The summed E-state index contributed by atoms with van der Waals surface area (Å²) in [4.78, 5) is 45.5. The van der Waals surface area contributed by atoms with E-state index < -0.39 is 0 Å². The number of rotatable bonds is 9. The number of carbonyl (C=O) groups excluding carboxylic acids is 2. The fraction of sp³-hybridized carbons (Fsp3) is 0.188. The number of nitrogen functional groups attached to an aromatic ring is 1. The van der Waals surface area contributed by atoms with E-state index in [1.165, 1.54) is 4.90 Å². The van der Waals surface area contributed by atoms with Crippen molar-refractivity contribution in [1.29, 1.82) is 0 Å². The molecule has 2 amide bonds. The third-order valence-corrected chi connectivity index (χ3v) is 7.99. The molecule has 7 rings (SSSR count). The number of aromatic nitrogens is 2. The fourth-order valence-corrected chi connectivity index (χ4v) is 6.07. The molecule has 201 valence electrons. The molecule has 41 heavy (non-hydrogen) atoms. The number of anilines is 2. The summed E-state index contributed by atoms with van der Waals surface area (Å²) in [5, 5.41) is 6.30. The van der Waals surface area contributed by atoms with Gasteiger partial charge in [-0.15, -0.1) is 0 Å². The van der Waals surface area contributed by atoms with Gasteiger partial charge >= 0.3 is 0 Å². The molecule has 0 unspecified atom stereocenters. The van der Waals surface area contributed by atoms with E-state index in [0.29, 0.717) is 52.5 Å². The van der Waals surface area contributed by atoms with Crippen molar-refractivity contribution in [3.8, 4) is 0 Å². The van der Waals surface area contributed by atoms with Crippen LogP contribution in [0.1, 0.15) is 33.6 Å². The van der Waals surface area contributed by atoms with Crippen LogP contribution in [0, 0.1) is 0 Å². The second-order valence-corrected chi connectivity index (χ2v) is 10.6. The predicted molar refractivity (Wildman–Crippen MR) is 164 cm³/mol. The van der Waals surface area contributed by atoms with Crippen LogP contribution in [-0.4, -0.2) is 46.5 Å². The Morgan fingerprint density at radius 1 is 0.854 bits per heavy atom. The number of nitrogens with zero attached hydrogens (tertiary/aromatic N) is 3. The highest BCUT2D eigenvalue weighted by molar-refractivity contribution is 6.35. The summed E-state index contributed by atoms with van der Waals surface area (Å²) in [6, 6.07) is 20.4. The summed E-state index contributed by atoms with van der Waals surface area (Å²) in [7, 11) is 2.19. The number of fused-ring (bicyclic) bond motifs is 2. The van der Waals surface area contributed by atoms with Crippen molar-refractivity contribution in [3.05, 3.63) is 94.4 Å². The molecule has 0 fully saturated rings. The Morgan fingerprint density at radius 3 is 2.59 bits per heavy atom. The number of pyridine rings is 1. The number of carbonyl (C=O) groups is 2. The van der Waals surface area contributed by atoms with Crippen LogP contribution in [0.25, 0.3) is 38.1 Å². The molecule has 0 saturated heterocycles. The van der Waals surface area contributed by atoms with Crippen LogP contribution >= 0.6 is 0 Å². The molecule has 0 saturated carbocycles. The Balaban J connectivity index is 0.949. The summed E-state index contributed by atoms with van der Waals surface area (Å²) in [5.41, 5.74) is 10.9. The summed E-state index contributed by atoms with van der Waals surface area (Å²) < 4.78 is 1.99. The first-order valence-corrected chi connectivity index (χ1v) is 13.9. The van der Waals surface area contributed by atoms with Crippen molar-refractivity contribution in [1.82, 2.24) is 14.3 Å². The van der Waals surface area contributed by atoms with Gasteiger partial charge in [0, 0.05) is 40.8 Å². The highest BCUT2D eigenvalue weighted by atomic mass is 16.2. The smallest absolute Gasteiger partial charge is 0.261 e. The first-order valence-electron chi connectivity index (χ1n) is 13.9. The lowest BCUT2D eigenvalue weighted by Gasteiger charge is -2.27. The van der Waals surface area contributed by atoms with Gasteiger partial charge in [0.2, 0.25) is 0 Å². The molecule has 4 aromatic carbocycles. The molecule has 3 heterocycles. The highest BCUT2D eigenvalue weighted by Gasteiger charge is 2.32. The Bertz CT molecular complexity index is 2050. The number of nitrogens with two attached hydrogens (primary N) is 1. The molecule has 0 bridgehead atoms. The Hall–Kier alpha value is -4.92. The van der Waals surface area contributed by atoms with Crippen LogP contribution in [-0.2, 0) is 0 Å². The minimum absolute atomic E-state index is 0.0108. The van der Waals surface area contributed by atoms with Gasteiger partial charge in [-0.1, -0.05) is 36.9 Å². The van der Waals surface area contributed by atoms with Gasteiger partial charge in [-0.2, -0.15) is 0 Å². The SMILES string of the molecule is Nc1cc2c3c(cccc3c1)C(=O)N(CCC[B]CCCNc1ccc3ncn4c5ccccc5c(=O)c1c34)C2=O. The number of para-hydroxylation sites is 1. The molecular weight excluding hydrogens is 513 g/mol. The van der Waals surface area contributed by atoms with E-state index in [4.69, 9.17) is 5.73 Å². The largest absolute Gasteiger partial charge is 0.399 e. The maximum Gasteiger partial charge on any atom is 0.261 e. The van der Waals surface area contributed by atoms with Crippen molar-refractivity contribution in [2.45, 2.75) is 25.5 Å². The van der Waals surface area contributed by atoms with Gasteiger partial charge in [0.15, 0.2) is 5.43 Å². The second-order valence-electron chi connectivity index (χ2n) is 10.6. The molecular formula is C32H27BN5O3. The summed E-state index contributed by atoms with van der Waals surface area (Å²) in [6.45, 7) is 1.07. The fourth-order valence-electron chi connectivity index (χ4n) is 6.07. The molecule has 1 aliphatic rings. The zero-order chi connectivity index (χ0) is 28.1. The average Bonchev–Trinajstić information content (AvgIpc) is 3.42. The lowest BCUT2D eigenvalue weighted by Crippen LogP contribution is -2.41. The summed E-state index contributed by atoms with van der Waals surface area (Å²) >= 11 is 0. The van der Waals surface area contributed by atoms with Crippen molar-refractivity contribution in [2.75, 3.05) is 24.1 Å². The number of nitrogens with one attached hydrogen (secondary N) is 1. The lowest BCUT2D eigenvalue weighted by molar-refractivity contribution is 0.0611. The molecule has 1 aliphatic heterocycles. The summed E-state index contributed by atoms with van der Waals surface area (Å²) in [6.07, 6.45) is 5.02. The van der Waals surface area contributed by atoms with Crippen molar-refractivity contribution in [3.63, 3.8) is 0 Å². The maximum atomic E-state index is 13.4. The number of hydrogen-bond donors (Lipinski definition) is 2. The molecule has 0 atom stereocenters. The van der Waals surface area contributed by atoms with Gasteiger partial charge in [0.25, 0.3) is 11.8 Å². The first kappa shape index (κ1) is 25.1. The Kier molecular flexibility index (Phi) is 6.07. The first-order chi connectivity index (χ1) is 20.0. The van der Waals surface area contributed by atoms with E-state index in [1.807, 2.05) is 52.9 Å². The quantitative estimate of drug-likeness (QED) is 0.0858.